The summed E-state index contributed by atoms with van der Waals surface area (Å²) in [6.45, 7) is -0.131. The first-order valence-corrected chi connectivity index (χ1v) is 8.70. The Hall–Kier alpha value is -2.88. The van der Waals surface area contributed by atoms with Gasteiger partial charge in [0.1, 0.15) is 11.3 Å². The molecule has 0 aliphatic rings. The van der Waals surface area contributed by atoms with Crippen molar-refractivity contribution in [1.29, 1.82) is 0 Å². The van der Waals surface area contributed by atoms with Gasteiger partial charge in [0.25, 0.3) is 15.7 Å². The molecule has 0 bridgehead atoms. The van der Waals surface area contributed by atoms with Crippen LogP contribution in [0.3, 0.4) is 0 Å². The molecule has 0 radical (unpaired) electrons. The molecule has 3 rings (SSSR count). The predicted octanol–water partition coefficient (Wildman–Crippen LogP) is 3.05. The molecule has 10 heteroatoms. The van der Waals surface area contributed by atoms with Gasteiger partial charge in [-0.1, -0.05) is 18.2 Å². The van der Waals surface area contributed by atoms with Crippen molar-refractivity contribution >= 4 is 26.7 Å². The van der Waals surface area contributed by atoms with Crippen molar-refractivity contribution < 1.29 is 30.8 Å². The molecular weight excluding hydrogens is 373 g/mol. The number of aromatic nitrogens is 1. The summed E-state index contributed by atoms with van der Waals surface area (Å²) in [6.07, 6.45) is 0.870. The first-order valence-electron chi connectivity index (χ1n) is 7.22. The number of nitrogens with zero attached hydrogens (tertiary/aromatic N) is 1. The minimum Gasteiger partial charge on any atom is -0.459 e. The number of carbonyl (C=O) groups excluding carboxylic acids is 1. The average Bonchev–Trinajstić information content (AvgIpc) is 3.01. The fourth-order valence-corrected chi connectivity index (χ4v) is 3.14. The predicted molar refractivity (Wildman–Crippen MR) is 84.9 cm³/mol. The second kappa shape index (κ2) is 6.45. The highest BCUT2D eigenvalue weighted by molar-refractivity contribution is 7.92. The number of pyridine rings is 1. The third-order valence-electron chi connectivity index (χ3n) is 3.47. The van der Waals surface area contributed by atoms with Crippen molar-refractivity contribution in [3.63, 3.8) is 0 Å². The van der Waals surface area contributed by atoms with Gasteiger partial charge in [-0.25, -0.2) is 13.4 Å². The van der Waals surface area contributed by atoms with Crippen LogP contribution in [0.1, 0.15) is 16.1 Å². The number of hydrogen-bond acceptors (Lipinski definition) is 5. The number of hydrogen-bond donors (Lipinski definition) is 1. The molecule has 0 unspecified atom stereocenters. The van der Waals surface area contributed by atoms with Crippen LogP contribution in [-0.2, 0) is 16.4 Å². The topological polar surface area (TPSA) is 89.3 Å². The summed E-state index contributed by atoms with van der Waals surface area (Å²) in [6, 6.07) is 10.9. The van der Waals surface area contributed by atoms with Crippen LogP contribution in [0, 0.1) is 0 Å². The Kier molecular flexibility index (Phi) is 4.45. The molecule has 0 saturated heterocycles. The largest absolute Gasteiger partial charge is 0.503 e. The van der Waals surface area contributed by atoms with Crippen LogP contribution in [-0.4, -0.2) is 24.8 Å². The zero-order valence-corrected chi connectivity index (χ0v) is 13.8. The van der Waals surface area contributed by atoms with E-state index in [1.54, 1.807) is 30.3 Å². The van der Waals surface area contributed by atoms with Gasteiger partial charge in [-0.05, 0) is 24.3 Å². The third-order valence-corrected chi connectivity index (χ3v) is 4.92. The molecule has 0 aliphatic carbocycles. The molecule has 0 atom stereocenters. The first-order chi connectivity index (χ1) is 12.2. The Bertz CT molecular complexity index is 1040. The molecule has 1 amide bonds. The summed E-state index contributed by atoms with van der Waals surface area (Å²) in [5, 5.41) is 1.79. The fourth-order valence-electron chi connectivity index (χ4n) is 2.27. The van der Waals surface area contributed by atoms with E-state index in [4.69, 9.17) is 4.42 Å². The van der Waals surface area contributed by atoms with Gasteiger partial charge in [-0.2, -0.15) is 13.2 Å². The van der Waals surface area contributed by atoms with E-state index < -0.39 is 31.8 Å². The van der Waals surface area contributed by atoms with Gasteiger partial charge in [0.2, 0.25) is 0 Å². The molecule has 2 aromatic heterocycles. The lowest BCUT2D eigenvalue weighted by Crippen LogP contribution is -2.30. The highest BCUT2D eigenvalue weighted by atomic mass is 32.2. The summed E-state index contributed by atoms with van der Waals surface area (Å²) in [7, 11) is -5.75. The second-order valence-corrected chi connectivity index (χ2v) is 7.09. The number of para-hydroxylation sites is 1. The molecule has 26 heavy (non-hydrogen) atoms. The number of alkyl halides is 3. The highest BCUT2D eigenvalue weighted by Gasteiger charge is 2.49. The summed E-state index contributed by atoms with van der Waals surface area (Å²) < 4.78 is 66.9. The number of rotatable bonds is 4. The van der Waals surface area contributed by atoms with E-state index in [1.807, 2.05) is 0 Å². The zero-order valence-electron chi connectivity index (χ0n) is 12.9. The van der Waals surface area contributed by atoms with E-state index in [0.29, 0.717) is 11.3 Å². The van der Waals surface area contributed by atoms with E-state index in [9.17, 15) is 26.4 Å². The quantitative estimate of drug-likeness (QED) is 0.747. The van der Waals surface area contributed by atoms with Crippen molar-refractivity contribution in [1.82, 2.24) is 10.3 Å². The van der Waals surface area contributed by atoms with E-state index in [1.165, 1.54) is 6.07 Å². The number of nitrogens with one attached hydrogen (secondary N) is 1. The molecule has 136 valence electrons. The smallest absolute Gasteiger partial charge is 0.459 e. The van der Waals surface area contributed by atoms with Crippen molar-refractivity contribution in [3.05, 3.63) is 60.0 Å². The maximum Gasteiger partial charge on any atom is 0.503 e. The van der Waals surface area contributed by atoms with Crippen molar-refractivity contribution in [2.75, 3.05) is 0 Å². The number of benzene rings is 1. The molecule has 2 heterocycles. The number of fused-ring (bicyclic) bond motifs is 1. The van der Waals surface area contributed by atoms with E-state index in [-0.39, 0.29) is 6.54 Å². The normalized spacial score (nSPS) is 12.3. The van der Waals surface area contributed by atoms with Gasteiger partial charge >= 0.3 is 5.51 Å². The first kappa shape index (κ1) is 17.9. The highest BCUT2D eigenvalue weighted by Crippen LogP contribution is 2.30. The standard InChI is InChI=1S/C16H11F3N2O4S/c17-16(18,19)26(23,24)15-12(5-3-7-20-15)14(22)21-9-11-8-10-4-1-2-6-13(10)25-11/h1-8H,9H2,(H,21,22). The van der Waals surface area contributed by atoms with Gasteiger partial charge in [-0.3, -0.25) is 4.79 Å². The Morgan fingerprint density at radius 3 is 2.58 bits per heavy atom. The van der Waals surface area contributed by atoms with Gasteiger partial charge in [-0.15, -0.1) is 0 Å². The number of halogens is 3. The molecule has 0 saturated carbocycles. The maximum absolute atomic E-state index is 12.8. The van der Waals surface area contributed by atoms with Crippen LogP contribution >= 0.6 is 0 Å². The Labute approximate surface area is 145 Å². The summed E-state index contributed by atoms with van der Waals surface area (Å²) in [4.78, 5) is 15.4. The maximum atomic E-state index is 12.8. The zero-order chi connectivity index (χ0) is 18.9. The van der Waals surface area contributed by atoms with E-state index in [2.05, 4.69) is 10.3 Å². The van der Waals surface area contributed by atoms with Crippen LogP contribution in [0.2, 0.25) is 0 Å². The molecule has 0 fully saturated rings. The lowest BCUT2D eigenvalue weighted by molar-refractivity contribution is -0.0438. The molecule has 6 nitrogen and oxygen atoms in total. The molecule has 3 aromatic rings. The third kappa shape index (κ3) is 3.27. The van der Waals surface area contributed by atoms with Gasteiger partial charge in [0.15, 0.2) is 5.03 Å². The SMILES string of the molecule is O=C(NCc1cc2ccccc2o1)c1cccnc1S(=O)(=O)C(F)(F)F. The minimum absolute atomic E-state index is 0.131. The van der Waals surface area contributed by atoms with Gasteiger partial charge < -0.3 is 9.73 Å². The Morgan fingerprint density at radius 2 is 1.88 bits per heavy atom. The molecule has 1 aromatic carbocycles. The Morgan fingerprint density at radius 1 is 1.15 bits per heavy atom. The number of amides is 1. The second-order valence-electron chi connectivity index (χ2n) is 5.24. The average molecular weight is 384 g/mol. The van der Waals surface area contributed by atoms with Crippen LogP contribution in [0.5, 0.6) is 0 Å². The van der Waals surface area contributed by atoms with Crippen LogP contribution < -0.4 is 5.32 Å². The van der Waals surface area contributed by atoms with Crippen LogP contribution in [0.15, 0.2) is 58.1 Å². The lowest BCUT2D eigenvalue weighted by atomic mass is 10.2. The fraction of sp³-hybridized carbons (Fsp3) is 0.125. The van der Waals surface area contributed by atoms with Gasteiger partial charge in [0.05, 0.1) is 12.1 Å². The number of carbonyl (C=O) groups is 1. The molecule has 0 aliphatic heterocycles. The van der Waals surface area contributed by atoms with Crippen LogP contribution in [0.4, 0.5) is 13.2 Å². The number of sulfone groups is 1. The van der Waals surface area contributed by atoms with Crippen molar-refractivity contribution in [2.24, 2.45) is 0 Å². The summed E-state index contributed by atoms with van der Waals surface area (Å²) >= 11 is 0. The molecular formula is C16H11F3N2O4S. The van der Waals surface area contributed by atoms with E-state index in [0.717, 1.165) is 17.6 Å². The van der Waals surface area contributed by atoms with Crippen molar-refractivity contribution in [2.45, 2.75) is 17.1 Å². The molecule has 0 spiro atoms. The van der Waals surface area contributed by atoms with Crippen LogP contribution in [0.25, 0.3) is 11.0 Å². The Balaban J connectivity index is 1.85. The number of furan rings is 1. The molecule has 1 N–H and O–H groups in total. The van der Waals surface area contributed by atoms with Gasteiger partial charge in [0, 0.05) is 11.6 Å². The monoisotopic (exact) mass is 384 g/mol. The van der Waals surface area contributed by atoms with Crippen molar-refractivity contribution in [3.8, 4) is 0 Å². The lowest BCUT2D eigenvalue weighted by Gasteiger charge is -2.11. The minimum atomic E-state index is -5.75. The van der Waals surface area contributed by atoms with E-state index >= 15 is 0 Å². The summed E-state index contributed by atoms with van der Waals surface area (Å²) in [5.74, 6) is -0.648. The summed E-state index contributed by atoms with van der Waals surface area (Å²) in [5.41, 5.74) is -5.67.